The highest BCUT2D eigenvalue weighted by Gasteiger charge is 2.65. The summed E-state index contributed by atoms with van der Waals surface area (Å²) in [7, 11) is 0. The number of cyclic esters (lactones) is 2. The lowest BCUT2D eigenvalue weighted by atomic mass is 9.78. The van der Waals surface area contributed by atoms with Gasteiger partial charge in [0.15, 0.2) is 16.1 Å². The lowest BCUT2D eigenvalue weighted by molar-refractivity contribution is -0.160. The topological polar surface area (TPSA) is 77.5 Å². The molecule has 1 spiro atoms. The summed E-state index contributed by atoms with van der Waals surface area (Å²) in [5, 5.41) is 5.89. The number of aryl methyl sites for hydroxylation is 1. The van der Waals surface area contributed by atoms with Gasteiger partial charge in [0, 0.05) is 23.9 Å². The highest BCUT2D eigenvalue weighted by molar-refractivity contribution is 7.13. The van der Waals surface area contributed by atoms with Gasteiger partial charge in [-0.05, 0) is 32.4 Å². The number of hydrogen-bond acceptors (Lipinski definition) is 7. The van der Waals surface area contributed by atoms with Gasteiger partial charge in [-0.25, -0.2) is 4.98 Å². The SMILES string of the molecule is Cc1ccccc1Nc1nc([C@]2(C)C[C@@]3(C[C@H](C)OC3=O)C(=O)O2)cs1. The van der Waals surface area contributed by atoms with E-state index in [2.05, 4.69) is 10.3 Å². The van der Waals surface area contributed by atoms with Crippen LogP contribution in [0.25, 0.3) is 0 Å². The summed E-state index contributed by atoms with van der Waals surface area (Å²) in [4.78, 5) is 29.4. The molecule has 2 aliphatic rings. The Morgan fingerprint density at radius 3 is 2.73 bits per heavy atom. The van der Waals surface area contributed by atoms with Crippen LogP contribution in [0.15, 0.2) is 29.6 Å². The first kappa shape index (κ1) is 17.0. The largest absolute Gasteiger partial charge is 0.462 e. The van der Waals surface area contributed by atoms with Crippen LogP contribution >= 0.6 is 11.3 Å². The second kappa shape index (κ2) is 5.81. The maximum absolute atomic E-state index is 12.5. The molecule has 0 amide bonds. The smallest absolute Gasteiger partial charge is 0.324 e. The van der Waals surface area contributed by atoms with Crippen molar-refractivity contribution < 1.29 is 19.1 Å². The molecule has 0 radical (unpaired) electrons. The van der Waals surface area contributed by atoms with Crippen LogP contribution in [-0.2, 0) is 24.7 Å². The van der Waals surface area contributed by atoms with E-state index in [4.69, 9.17) is 9.47 Å². The average molecular weight is 372 g/mol. The summed E-state index contributed by atoms with van der Waals surface area (Å²) in [5.41, 5.74) is 0.621. The number of para-hydroxylation sites is 1. The molecule has 0 saturated carbocycles. The van der Waals surface area contributed by atoms with Crippen LogP contribution in [-0.4, -0.2) is 23.0 Å². The van der Waals surface area contributed by atoms with Gasteiger partial charge in [-0.15, -0.1) is 11.3 Å². The maximum atomic E-state index is 12.5. The molecule has 7 heteroatoms. The number of hydrogen-bond donors (Lipinski definition) is 1. The van der Waals surface area contributed by atoms with Crippen molar-refractivity contribution in [1.82, 2.24) is 4.98 Å². The minimum atomic E-state index is -1.19. The summed E-state index contributed by atoms with van der Waals surface area (Å²) in [6, 6.07) is 7.95. The molecule has 3 atom stereocenters. The Balaban J connectivity index is 1.59. The Morgan fingerprint density at radius 2 is 2.04 bits per heavy atom. The second-order valence-corrected chi connectivity index (χ2v) is 8.14. The molecule has 1 aromatic heterocycles. The number of rotatable bonds is 3. The monoisotopic (exact) mass is 372 g/mol. The van der Waals surface area contributed by atoms with Gasteiger partial charge in [-0.1, -0.05) is 18.2 Å². The Kier molecular flexibility index (Phi) is 3.80. The molecule has 2 aliphatic heterocycles. The third-order valence-electron chi connectivity index (χ3n) is 5.12. The van der Waals surface area contributed by atoms with E-state index in [9.17, 15) is 9.59 Å². The molecule has 1 N–H and O–H groups in total. The predicted molar refractivity (Wildman–Crippen MR) is 97.2 cm³/mol. The Labute approximate surface area is 155 Å². The lowest BCUT2D eigenvalue weighted by Crippen LogP contribution is -2.31. The van der Waals surface area contributed by atoms with E-state index in [1.54, 1.807) is 6.92 Å². The van der Waals surface area contributed by atoms with Crippen molar-refractivity contribution >= 4 is 34.1 Å². The molecule has 26 heavy (non-hydrogen) atoms. The molecule has 136 valence electrons. The third-order valence-corrected chi connectivity index (χ3v) is 5.87. The van der Waals surface area contributed by atoms with E-state index in [-0.39, 0.29) is 12.5 Å². The van der Waals surface area contributed by atoms with Crippen molar-refractivity contribution in [2.75, 3.05) is 5.32 Å². The summed E-state index contributed by atoms with van der Waals surface area (Å²) in [6.07, 6.45) is 0.347. The zero-order valence-corrected chi connectivity index (χ0v) is 15.7. The number of thiazole rings is 1. The van der Waals surface area contributed by atoms with Gasteiger partial charge in [-0.3, -0.25) is 9.59 Å². The fraction of sp³-hybridized carbons (Fsp3) is 0.421. The van der Waals surface area contributed by atoms with Crippen molar-refractivity contribution in [3.8, 4) is 0 Å². The highest BCUT2D eigenvalue weighted by Crippen LogP contribution is 2.52. The van der Waals surface area contributed by atoms with Crippen molar-refractivity contribution in [2.45, 2.75) is 45.3 Å². The minimum absolute atomic E-state index is 0.259. The molecule has 0 aliphatic carbocycles. The van der Waals surface area contributed by atoms with E-state index in [0.717, 1.165) is 16.4 Å². The molecule has 2 aromatic rings. The van der Waals surface area contributed by atoms with Crippen molar-refractivity contribution in [2.24, 2.45) is 5.41 Å². The van der Waals surface area contributed by atoms with Gasteiger partial charge in [0.05, 0.1) is 5.69 Å². The van der Waals surface area contributed by atoms with Gasteiger partial charge < -0.3 is 14.8 Å². The fourth-order valence-electron chi connectivity index (χ4n) is 3.75. The summed E-state index contributed by atoms with van der Waals surface area (Å²) in [5.74, 6) is -0.983. The van der Waals surface area contributed by atoms with Crippen LogP contribution in [0.2, 0.25) is 0 Å². The standard InChI is InChI=1S/C19H20N2O4S/c1-11-6-4-5-7-13(11)20-17-21-14(9-26-17)18(3)10-19(16(23)25-18)8-12(2)24-15(19)22/h4-7,9,12H,8,10H2,1-3H3,(H,20,21)/t12-,18-,19+/m0/s1. The number of anilines is 2. The second-order valence-electron chi connectivity index (χ2n) is 7.28. The number of ether oxygens (including phenoxy) is 2. The van der Waals surface area contributed by atoms with Crippen LogP contribution in [0.3, 0.4) is 0 Å². The summed E-state index contributed by atoms with van der Waals surface area (Å²) < 4.78 is 10.9. The van der Waals surface area contributed by atoms with Crippen LogP contribution in [0.1, 0.15) is 37.9 Å². The zero-order chi connectivity index (χ0) is 18.5. The van der Waals surface area contributed by atoms with Crippen LogP contribution < -0.4 is 5.32 Å². The average Bonchev–Trinajstić information content (AvgIpc) is 3.22. The zero-order valence-electron chi connectivity index (χ0n) is 14.9. The Hall–Kier alpha value is -2.41. The van der Waals surface area contributed by atoms with E-state index in [1.807, 2.05) is 43.5 Å². The van der Waals surface area contributed by atoms with Crippen LogP contribution in [0.4, 0.5) is 10.8 Å². The number of aromatic nitrogens is 1. The van der Waals surface area contributed by atoms with Gasteiger partial charge in [0.2, 0.25) is 0 Å². The Morgan fingerprint density at radius 1 is 1.27 bits per heavy atom. The number of carbonyl (C=O) groups is 2. The van der Waals surface area contributed by atoms with Gasteiger partial charge in [0.1, 0.15) is 6.10 Å². The van der Waals surface area contributed by atoms with E-state index < -0.39 is 23.0 Å². The highest BCUT2D eigenvalue weighted by atomic mass is 32.1. The van der Waals surface area contributed by atoms with Crippen LogP contribution in [0, 0.1) is 12.3 Å². The number of esters is 2. The van der Waals surface area contributed by atoms with E-state index >= 15 is 0 Å². The molecular formula is C19H20N2O4S. The molecule has 6 nitrogen and oxygen atoms in total. The first-order valence-corrected chi connectivity index (χ1v) is 9.44. The van der Waals surface area contributed by atoms with Crippen molar-refractivity contribution in [3.63, 3.8) is 0 Å². The maximum Gasteiger partial charge on any atom is 0.324 e. The van der Waals surface area contributed by atoms with E-state index in [1.165, 1.54) is 11.3 Å². The molecule has 2 fully saturated rings. The van der Waals surface area contributed by atoms with Gasteiger partial charge in [-0.2, -0.15) is 0 Å². The molecule has 0 bridgehead atoms. The molecule has 1 aromatic carbocycles. The molecule has 2 saturated heterocycles. The third kappa shape index (κ3) is 2.58. The fourth-order valence-corrected chi connectivity index (χ4v) is 4.60. The quantitative estimate of drug-likeness (QED) is 0.654. The number of benzene rings is 1. The summed E-state index contributed by atoms with van der Waals surface area (Å²) in [6.45, 7) is 5.62. The Bertz CT molecular complexity index is 895. The molecule has 3 heterocycles. The number of nitrogens with zero attached hydrogens (tertiary/aromatic N) is 1. The summed E-state index contributed by atoms with van der Waals surface area (Å²) >= 11 is 1.44. The number of carbonyl (C=O) groups excluding carboxylic acids is 2. The van der Waals surface area contributed by atoms with E-state index in [0.29, 0.717) is 12.1 Å². The normalized spacial score (nSPS) is 30.5. The molecular weight excluding hydrogens is 352 g/mol. The number of nitrogens with one attached hydrogen (secondary N) is 1. The first-order chi connectivity index (χ1) is 12.3. The van der Waals surface area contributed by atoms with Gasteiger partial charge >= 0.3 is 11.9 Å². The predicted octanol–water partition coefficient (Wildman–Crippen LogP) is 3.68. The molecule has 4 rings (SSSR count). The lowest BCUT2D eigenvalue weighted by Gasteiger charge is -2.20. The minimum Gasteiger partial charge on any atom is -0.462 e. The van der Waals surface area contributed by atoms with Crippen LogP contribution in [0.5, 0.6) is 0 Å². The van der Waals surface area contributed by atoms with Crippen molar-refractivity contribution in [3.05, 3.63) is 40.9 Å². The van der Waals surface area contributed by atoms with Gasteiger partial charge in [0.25, 0.3) is 0 Å². The van der Waals surface area contributed by atoms with Crippen molar-refractivity contribution in [1.29, 1.82) is 0 Å². The molecule has 0 unspecified atom stereocenters. The first-order valence-electron chi connectivity index (χ1n) is 8.56.